The Bertz CT molecular complexity index is 358. The van der Waals surface area contributed by atoms with Crippen molar-refractivity contribution in [2.45, 2.75) is 37.5 Å². The highest BCUT2D eigenvalue weighted by molar-refractivity contribution is 6.42. The van der Waals surface area contributed by atoms with E-state index in [9.17, 15) is 0 Å². The number of halogens is 3. The third-order valence-electron chi connectivity index (χ3n) is 3.09. The van der Waals surface area contributed by atoms with Crippen LogP contribution in [0.25, 0.3) is 0 Å². The topological polar surface area (TPSA) is 0 Å². The van der Waals surface area contributed by atoms with Crippen LogP contribution < -0.4 is 0 Å². The highest BCUT2D eigenvalue weighted by Gasteiger charge is 2.28. The van der Waals surface area contributed by atoms with Crippen molar-refractivity contribution in [2.75, 3.05) is 0 Å². The summed E-state index contributed by atoms with van der Waals surface area (Å²) in [5.74, 6) is 0.775. The summed E-state index contributed by atoms with van der Waals surface area (Å²) in [4.78, 5) is 0. The highest BCUT2D eigenvalue weighted by Crippen LogP contribution is 2.38. The van der Waals surface area contributed by atoms with Crippen LogP contribution in [0.15, 0.2) is 18.2 Å². The molecule has 1 aliphatic rings. The molecule has 1 aromatic rings. The summed E-state index contributed by atoms with van der Waals surface area (Å²) in [7, 11) is 0. The Morgan fingerprint density at radius 3 is 2.69 bits per heavy atom. The van der Waals surface area contributed by atoms with Crippen molar-refractivity contribution in [3.05, 3.63) is 33.8 Å². The van der Waals surface area contributed by atoms with E-state index in [1.165, 1.54) is 12.8 Å². The quantitative estimate of drug-likeness (QED) is 0.638. The van der Waals surface area contributed by atoms with Gasteiger partial charge in [0, 0.05) is 5.38 Å². The van der Waals surface area contributed by atoms with Gasteiger partial charge in [-0.15, -0.1) is 11.6 Å². The van der Waals surface area contributed by atoms with Gasteiger partial charge in [-0.3, -0.25) is 0 Å². The van der Waals surface area contributed by atoms with Crippen LogP contribution >= 0.6 is 34.8 Å². The monoisotopic (exact) mass is 276 g/mol. The molecule has 0 aromatic heterocycles. The number of rotatable bonds is 5. The van der Waals surface area contributed by atoms with Gasteiger partial charge in [-0.1, -0.05) is 35.3 Å². The fourth-order valence-corrected chi connectivity index (χ4v) is 2.74. The zero-order valence-electron chi connectivity index (χ0n) is 9.06. The maximum atomic E-state index is 6.26. The molecule has 2 rings (SSSR count). The van der Waals surface area contributed by atoms with Crippen LogP contribution in [0.1, 0.15) is 31.2 Å². The molecule has 1 atom stereocenters. The van der Waals surface area contributed by atoms with Gasteiger partial charge in [0.25, 0.3) is 0 Å². The molecule has 88 valence electrons. The molecule has 0 spiro atoms. The van der Waals surface area contributed by atoms with E-state index in [2.05, 4.69) is 0 Å². The number of benzene rings is 1. The lowest BCUT2D eigenvalue weighted by molar-refractivity contribution is 0.637. The first-order valence-electron chi connectivity index (χ1n) is 5.75. The van der Waals surface area contributed by atoms with Gasteiger partial charge in [0.1, 0.15) is 0 Å². The lowest BCUT2D eigenvalue weighted by Gasteiger charge is -2.08. The molecule has 1 aromatic carbocycles. The molecule has 0 bridgehead atoms. The van der Waals surface area contributed by atoms with Crippen LogP contribution in [0.2, 0.25) is 10.0 Å². The van der Waals surface area contributed by atoms with Crippen LogP contribution in [-0.2, 0) is 6.42 Å². The van der Waals surface area contributed by atoms with Crippen molar-refractivity contribution in [2.24, 2.45) is 5.92 Å². The molecule has 0 saturated heterocycles. The Morgan fingerprint density at radius 2 is 2.00 bits per heavy atom. The van der Waals surface area contributed by atoms with Crippen LogP contribution in [0, 0.1) is 5.92 Å². The van der Waals surface area contributed by atoms with Gasteiger partial charge in [-0.05, 0) is 49.7 Å². The summed E-state index contributed by atoms with van der Waals surface area (Å²) >= 11 is 18.3. The summed E-state index contributed by atoms with van der Waals surface area (Å²) in [6.45, 7) is 0. The second-order valence-corrected chi connectivity index (χ2v) is 5.80. The van der Waals surface area contributed by atoms with Crippen LogP contribution in [0.5, 0.6) is 0 Å². The average Bonchev–Trinajstić information content (AvgIpc) is 3.07. The zero-order chi connectivity index (χ0) is 11.5. The normalized spacial score (nSPS) is 17.4. The first-order valence-corrected chi connectivity index (χ1v) is 6.94. The van der Waals surface area contributed by atoms with Crippen molar-refractivity contribution in [1.82, 2.24) is 0 Å². The fraction of sp³-hybridized carbons (Fsp3) is 0.538. The number of alkyl halides is 1. The summed E-state index contributed by atoms with van der Waals surface area (Å²) in [5, 5.41) is 1.70. The number of aryl methyl sites for hydroxylation is 1. The number of hydrogen-bond acceptors (Lipinski definition) is 0. The molecular weight excluding hydrogens is 263 g/mol. The van der Waals surface area contributed by atoms with Crippen molar-refractivity contribution >= 4 is 34.8 Å². The van der Waals surface area contributed by atoms with Gasteiger partial charge >= 0.3 is 0 Å². The van der Waals surface area contributed by atoms with Gasteiger partial charge in [-0.2, -0.15) is 0 Å². The Kier molecular flexibility index (Phi) is 4.41. The largest absolute Gasteiger partial charge is 0.123 e. The van der Waals surface area contributed by atoms with Crippen LogP contribution in [0.4, 0.5) is 0 Å². The summed E-state index contributed by atoms with van der Waals surface area (Å²) in [5.41, 5.74) is 1.13. The van der Waals surface area contributed by atoms with E-state index in [1.54, 1.807) is 0 Å². The summed E-state index contributed by atoms with van der Waals surface area (Å²) in [6, 6.07) is 5.80. The third-order valence-corrected chi connectivity index (χ3v) is 4.52. The Balaban J connectivity index is 1.82. The molecular formula is C13H15Cl3. The average molecular weight is 278 g/mol. The molecule has 3 heteroatoms. The number of hydrogen-bond donors (Lipinski definition) is 0. The second kappa shape index (κ2) is 5.62. The van der Waals surface area contributed by atoms with Gasteiger partial charge in [0.05, 0.1) is 10.0 Å². The van der Waals surface area contributed by atoms with Gasteiger partial charge in [0.15, 0.2) is 0 Å². The molecule has 0 N–H and O–H groups in total. The minimum absolute atomic E-state index is 0.359. The van der Waals surface area contributed by atoms with Gasteiger partial charge in [-0.25, -0.2) is 0 Å². The third kappa shape index (κ3) is 3.29. The zero-order valence-corrected chi connectivity index (χ0v) is 11.3. The van der Waals surface area contributed by atoms with Crippen molar-refractivity contribution in [1.29, 1.82) is 0 Å². The van der Waals surface area contributed by atoms with E-state index in [0.29, 0.717) is 15.4 Å². The van der Waals surface area contributed by atoms with Gasteiger partial charge in [0.2, 0.25) is 0 Å². The maximum Gasteiger partial charge on any atom is 0.0624 e. The molecule has 0 nitrogen and oxygen atoms in total. The lowest BCUT2D eigenvalue weighted by atomic mass is 10.1. The van der Waals surface area contributed by atoms with E-state index in [0.717, 1.165) is 30.7 Å². The molecule has 1 saturated carbocycles. The predicted octanol–water partition coefficient (Wildman–Crippen LogP) is 5.33. The van der Waals surface area contributed by atoms with Crippen LogP contribution in [-0.4, -0.2) is 5.38 Å². The Morgan fingerprint density at radius 1 is 1.25 bits per heavy atom. The summed E-state index contributed by atoms with van der Waals surface area (Å²) in [6.07, 6.45) is 5.76. The molecule has 1 unspecified atom stereocenters. The molecule has 0 heterocycles. The highest BCUT2D eigenvalue weighted by atomic mass is 35.5. The SMILES string of the molecule is Clc1cccc(CCCC(Cl)C2CC2)c1Cl. The molecule has 1 fully saturated rings. The van der Waals surface area contributed by atoms with E-state index >= 15 is 0 Å². The molecule has 0 radical (unpaired) electrons. The molecule has 1 aliphatic carbocycles. The lowest BCUT2D eigenvalue weighted by Crippen LogP contribution is -2.01. The first kappa shape index (κ1) is 12.5. The van der Waals surface area contributed by atoms with E-state index in [4.69, 9.17) is 34.8 Å². The predicted molar refractivity (Wildman–Crippen MR) is 71.8 cm³/mol. The van der Waals surface area contributed by atoms with E-state index < -0.39 is 0 Å². The standard InChI is InChI=1S/C13H15Cl3/c14-11(9-7-8-9)5-1-3-10-4-2-6-12(15)13(10)16/h2,4,6,9,11H,1,3,5,7-8H2. The maximum absolute atomic E-state index is 6.26. The van der Waals surface area contributed by atoms with Crippen molar-refractivity contribution < 1.29 is 0 Å². The first-order chi connectivity index (χ1) is 7.68. The van der Waals surface area contributed by atoms with E-state index in [1.807, 2.05) is 18.2 Å². The minimum atomic E-state index is 0.359. The van der Waals surface area contributed by atoms with Gasteiger partial charge < -0.3 is 0 Å². The smallest absolute Gasteiger partial charge is 0.0624 e. The second-order valence-electron chi connectivity index (χ2n) is 4.46. The van der Waals surface area contributed by atoms with Crippen LogP contribution in [0.3, 0.4) is 0 Å². The molecule has 0 amide bonds. The summed E-state index contributed by atoms with van der Waals surface area (Å²) < 4.78 is 0. The molecule has 0 aliphatic heterocycles. The Hall–Kier alpha value is 0.0900. The van der Waals surface area contributed by atoms with Crippen molar-refractivity contribution in [3.63, 3.8) is 0 Å². The van der Waals surface area contributed by atoms with Crippen molar-refractivity contribution in [3.8, 4) is 0 Å². The minimum Gasteiger partial charge on any atom is -0.123 e. The fourth-order valence-electron chi connectivity index (χ4n) is 1.92. The molecule has 16 heavy (non-hydrogen) atoms. The van der Waals surface area contributed by atoms with E-state index in [-0.39, 0.29) is 0 Å². The Labute approximate surface area is 112 Å².